The van der Waals surface area contributed by atoms with Crippen molar-refractivity contribution < 1.29 is 22.6 Å². The molecule has 114 valence electrons. The number of nitrogens with one attached hydrogen (secondary N) is 1. The Hall–Kier alpha value is -1.51. The highest BCUT2D eigenvalue weighted by Crippen LogP contribution is 2.41. The third-order valence-corrected chi connectivity index (χ3v) is 3.54. The smallest absolute Gasteiger partial charge is 0.229 e. The van der Waals surface area contributed by atoms with Crippen molar-refractivity contribution in [3.63, 3.8) is 0 Å². The van der Waals surface area contributed by atoms with E-state index in [1.165, 1.54) is 21.3 Å². The first-order valence-corrected chi connectivity index (χ1v) is 7.62. The van der Waals surface area contributed by atoms with E-state index in [0.717, 1.165) is 6.26 Å². The first kappa shape index (κ1) is 16.5. The second-order valence-corrected chi connectivity index (χ2v) is 6.08. The van der Waals surface area contributed by atoms with Crippen molar-refractivity contribution in [3.05, 3.63) is 17.7 Å². The summed E-state index contributed by atoms with van der Waals surface area (Å²) in [5.74, 6) is -0.814. The summed E-state index contributed by atoms with van der Waals surface area (Å²) in [7, 11) is 0.872. The minimum absolute atomic E-state index is 0.243. The van der Waals surface area contributed by atoms with Gasteiger partial charge in [0.05, 0.1) is 30.3 Å². The Morgan fingerprint density at radius 1 is 1.20 bits per heavy atom. The number of rotatable bonds is 6. The highest BCUT2D eigenvalue weighted by molar-refractivity contribution is 7.92. The number of ether oxygens (including phenoxy) is 3. The molecule has 0 saturated heterocycles. The number of hydrogen-bond donors (Lipinski definition) is 2. The van der Waals surface area contributed by atoms with Crippen molar-refractivity contribution in [2.75, 3.05) is 38.0 Å². The molecule has 0 spiro atoms. The van der Waals surface area contributed by atoms with E-state index in [4.69, 9.17) is 19.9 Å². The van der Waals surface area contributed by atoms with Crippen LogP contribution in [0.15, 0.2) is 12.1 Å². The van der Waals surface area contributed by atoms with Gasteiger partial charge in [0, 0.05) is 14.2 Å². The third kappa shape index (κ3) is 3.33. The van der Waals surface area contributed by atoms with Gasteiger partial charge in [-0.15, -0.1) is 0 Å². The summed E-state index contributed by atoms with van der Waals surface area (Å²) in [4.78, 5) is 0. The minimum atomic E-state index is -3.47. The van der Waals surface area contributed by atoms with Crippen LogP contribution in [0.1, 0.15) is 12.5 Å². The third-order valence-electron chi connectivity index (χ3n) is 2.95. The number of methoxy groups -OCH3 is 3. The van der Waals surface area contributed by atoms with Crippen LogP contribution in [0, 0.1) is 0 Å². The first-order valence-electron chi connectivity index (χ1n) is 5.73. The van der Waals surface area contributed by atoms with Crippen molar-refractivity contribution in [2.45, 2.75) is 12.7 Å². The Morgan fingerprint density at radius 2 is 1.75 bits per heavy atom. The molecule has 0 aromatic heterocycles. The van der Waals surface area contributed by atoms with Gasteiger partial charge in [0.15, 0.2) is 5.79 Å². The normalized spacial score (nSPS) is 12.2. The van der Waals surface area contributed by atoms with E-state index < -0.39 is 15.8 Å². The van der Waals surface area contributed by atoms with Crippen LogP contribution in [-0.2, 0) is 25.3 Å². The molecule has 0 atom stereocenters. The summed E-state index contributed by atoms with van der Waals surface area (Å²) < 4.78 is 41.1. The SMILES string of the molecule is COc1ccc(NS(C)(=O)=O)c(C(C)(OC)OC)c1N. The molecule has 3 N–H and O–H groups in total. The monoisotopic (exact) mass is 304 g/mol. The zero-order chi connectivity index (χ0) is 15.6. The summed E-state index contributed by atoms with van der Waals surface area (Å²) in [5.41, 5.74) is 6.90. The zero-order valence-electron chi connectivity index (χ0n) is 12.2. The molecule has 8 heteroatoms. The van der Waals surface area contributed by atoms with E-state index in [-0.39, 0.29) is 11.4 Å². The molecule has 1 aromatic carbocycles. The number of anilines is 2. The fraction of sp³-hybridized carbons (Fsp3) is 0.500. The summed E-state index contributed by atoms with van der Waals surface area (Å²) in [5, 5.41) is 0. The Bertz CT molecular complexity index is 582. The molecule has 0 amide bonds. The lowest BCUT2D eigenvalue weighted by Gasteiger charge is -2.30. The van der Waals surface area contributed by atoms with Crippen LogP contribution in [0.5, 0.6) is 5.75 Å². The van der Waals surface area contributed by atoms with Crippen LogP contribution in [0.25, 0.3) is 0 Å². The Kier molecular flexibility index (Phi) is 4.85. The van der Waals surface area contributed by atoms with E-state index in [0.29, 0.717) is 11.3 Å². The molecule has 0 heterocycles. The van der Waals surface area contributed by atoms with Gasteiger partial charge in [-0.2, -0.15) is 0 Å². The van der Waals surface area contributed by atoms with Gasteiger partial charge < -0.3 is 19.9 Å². The van der Waals surface area contributed by atoms with Crippen LogP contribution in [0.2, 0.25) is 0 Å². The van der Waals surface area contributed by atoms with E-state index in [9.17, 15) is 8.42 Å². The molecule has 0 saturated carbocycles. The molecule has 0 aliphatic heterocycles. The summed E-state index contributed by atoms with van der Waals surface area (Å²) in [6.07, 6.45) is 1.05. The predicted octanol–water partition coefficient (Wildman–Crippen LogP) is 1.11. The van der Waals surface area contributed by atoms with Gasteiger partial charge in [-0.3, -0.25) is 4.72 Å². The lowest BCUT2D eigenvalue weighted by atomic mass is 10.0. The van der Waals surface area contributed by atoms with Crippen molar-refractivity contribution in [2.24, 2.45) is 0 Å². The Morgan fingerprint density at radius 3 is 2.15 bits per heavy atom. The lowest BCUT2D eigenvalue weighted by Crippen LogP contribution is -2.30. The van der Waals surface area contributed by atoms with E-state index in [2.05, 4.69) is 4.72 Å². The maximum absolute atomic E-state index is 11.5. The number of sulfonamides is 1. The van der Waals surface area contributed by atoms with Crippen LogP contribution in [0.4, 0.5) is 11.4 Å². The average Bonchev–Trinajstić information content (AvgIpc) is 2.36. The second kappa shape index (κ2) is 5.86. The molecular weight excluding hydrogens is 284 g/mol. The van der Waals surface area contributed by atoms with Gasteiger partial charge in [0.2, 0.25) is 10.0 Å². The first-order chi connectivity index (χ1) is 9.18. The molecule has 0 fully saturated rings. The van der Waals surface area contributed by atoms with Crippen LogP contribution in [0.3, 0.4) is 0 Å². The standard InChI is InChI=1S/C12H20N2O5S/c1-12(18-3,19-4)10-8(14-20(5,15)16)6-7-9(17-2)11(10)13/h6-7,14H,13H2,1-5H3. The molecule has 7 nitrogen and oxygen atoms in total. The van der Waals surface area contributed by atoms with Gasteiger partial charge in [0.25, 0.3) is 0 Å². The second-order valence-electron chi connectivity index (χ2n) is 4.33. The van der Waals surface area contributed by atoms with E-state index in [1.807, 2.05) is 0 Å². The van der Waals surface area contributed by atoms with Crippen molar-refractivity contribution in [1.29, 1.82) is 0 Å². The quantitative estimate of drug-likeness (QED) is 0.603. The highest BCUT2D eigenvalue weighted by Gasteiger charge is 2.33. The average molecular weight is 304 g/mol. The van der Waals surface area contributed by atoms with Crippen LogP contribution >= 0.6 is 0 Å². The van der Waals surface area contributed by atoms with Gasteiger partial charge in [-0.25, -0.2) is 8.42 Å². The maximum Gasteiger partial charge on any atom is 0.229 e. The maximum atomic E-state index is 11.5. The predicted molar refractivity (Wildman–Crippen MR) is 77.2 cm³/mol. The number of nitrogen functional groups attached to an aromatic ring is 1. The number of hydrogen-bond acceptors (Lipinski definition) is 6. The number of benzene rings is 1. The molecular formula is C12H20N2O5S. The topological polar surface area (TPSA) is 99.9 Å². The summed E-state index contributed by atoms with van der Waals surface area (Å²) >= 11 is 0. The van der Waals surface area contributed by atoms with Gasteiger partial charge in [0.1, 0.15) is 5.75 Å². The Labute approximate surface area is 119 Å². The van der Waals surface area contributed by atoms with E-state index in [1.54, 1.807) is 19.1 Å². The van der Waals surface area contributed by atoms with Gasteiger partial charge >= 0.3 is 0 Å². The molecule has 0 unspecified atom stereocenters. The van der Waals surface area contributed by atoms with Crippen molar-refractivity contribution >= 4 is 21.4 Å². The fourth-order valence-corrected chi connectivity index (χ4v) is 2.41. The minimum Gasteiger partial charge on any atom is -0.495 e. The molecule has 1 aromatic rings. The van der Waals surface area contributed by atoms with Crippen LogP contribution in [-0.4, -0.2) is 36.0 Å². The molecule has 0 aliphatic rings. The Balaban J connectivity index is 3.57. The van der Waals surface area contributed by atoms with Crippen molar-refractivity contribution in [3.8, 4) is 5.75 Å². The van der Waals surface area contributed by atoms with Crippen molar-refractivity contribution in [1.82, 2.24) is 0 Å². The number of nitrogens with two attached hydrogens (primary N) is 1. The summed E-state index contributed by atoms with van der Waals surface area (Å²) in [6.45, 7) is 1.63. The molecule has 20 heavy (non-hydrogen) atoms. The molecule has 0 bridgehead atoms. The van der Waals surface area contributed by atoms with Gasteiger partial charge in [-0.05, 0) is 19.1 Å². The van der Waals surface area contributed by atoms with E-state index >= 15 is 0 Å². The lowest BCUT2D eigenvalue weighted by molar-refractivity contribution is -0.200. The zero-order valence-corrected chi connectivity index (χ0v) is 13.0. The fourth-order valence-electron chi connectivity index (χ4n) is 1.84. The molecule has 0 aliphatic carbocycles. The largest absolute Gasteiger partial charge is 0.495 e. The molecule has 1 rings (SSSR count). The van der Waals surface area contributed by atoms with Crippen LogP contribution < -0.4 is 15.2 Å². The highest BCUT2D eigenvalue weighted by atomic mass is 32.2. The molecule has 0 radical (unpaired) electrons. The van der Waals surface area contributed by atoms with Gasteiger partial charge in [-0.1, -0.05) is 0 Å². The summed E-state index contributed by atoms with van der Waals surface area (Å²) in [6, 6.07) is 3.11.